The molecule has 1 amide bonds. The van der Waals surface area contributed by atoms with E-state index in [4.69, 9.17) is 16.3 Å². The van der Waals surface area contributed by atoms with Crippen LogP contribution in [0.3, 0.4) is 0 Å². The molecule has 3 aromatic rings. The highest BCUT2D eigenvalue weighted by atomic mass is 35.5. The molecule has 0 spiro atoms. The molecule has 1 saturated carbocycles. The van der Waals surface area contributed by atoms with E-state index in [9.17, 15) is 19.5 Å². The lowest BCUT2D eigenvalue weighted by Gasteiger charge is -2.14. The minimum atomic E-state index is -1.06. The SMILES string of the molecule is CC(=O)NC(CCc1ccc(-c2c(OCC3CC3)cnn(C)c2=O)cc1)C(=O)O.Cc1cccc(Cl)c1C. The zero-order valence-electron chi connectivity index (χ0n) is 22.2. The number of halogens is 1. The summed E-state index contributed by atoms with van der Waals surface area (Å²) >= 11 is 5.81. The van der Waals surface area contributed by atoms with Crippen molar-refractivity contribution in [2.24, 2.45) is 13.0 Å². The fraction of sp³-hybridized carbons (Fsp3) is 0.379. The molecule has 1 aliphatic carbocycles. The third-order valence-electron chi connectivity index (χ3n) is 6.45. The lowest BCUT2D eigenvalue weighted by molar-refractivity contribution is -0.141. The molecular weight excluding hydrogens is 506 g/mol. The molecule has 0 aliphatic heterocycles. The lowest BCUT2D eigenvalue weighted by Crippen LogP contribution is -2.39. The van der Waals surface area contributed by atoms with E-state index in [1.54, 1.807) is 13.2 Å². The Morgan fingerprint density at radius 1 is 1.18 bits per heavy atom. The Labute approximate surface area is 227 Å². The van der Waals surface area contributed by atoms with Crippen LogP contribution in [-0.4, -0.2) is 39.4 Å². The second kappa shape index (κ2) is 13.2. The zero-order chi connectivity index (χ0) is 27.8. The van der Waals surface area contributed by atoms with E-state index in [0.717, 1.165) is 29.0 Å². The number of rotatable bonds is 9. The van der Waals surface area contributed by atoms with Crippen LogP contribution in [0.25, 0.3) is 11.1 Å². The van der Waals surface area contributed by atoms with Crippen molar-refractivity contribution in [2.75, 3.05) is 6.61 Å². The maximum absolute atomic E-state index is 12.6. The Kier molecular flexibility index (Phi) is 10.1. The van der Waals surface area contributed by atoms with Crippen LogP contribution < -0.4 is 15.6 Å². The first-order valence-corrected chi connectivity index (χ1v) is 12.9. The van der Waals surface area contributed by atoms with Gasteiger partial charge in [0.1, 0.15) is 6.04 Å². The van der Waals surface area contributed by atoms with Crippen molar-refractivity contribution in [3.05, 3.63) is 80.7 Å². The molecule has 2 N–H and O–H groups in total. The van der Waals surface area contributed by atoms with Gasteiger partial charge in [-0.2, -0.15) is 5.10 Å². The van der Waals surface area contributed by atoms with Gasteiger partial charge in [-0.3, -0.25) is 9.59 Å². The number of ether oxygens (including phenoxy) is 1. The van der Waals surface area contributed by atoms with Crippen molar-refractivity contribution >= 4 is 23.5 Å². The number of aromatic nitrogens is 2. The van der Waals surface area contributed by atoms with Crippen LogP contribution in [0.15, 0.2) is 53.5 Å². The van der Waals surface area contributed by atoms with E-state index in [1.165, 1.54) is 22.7 Å². The fourth-order valence-corrected chi connectivity index (χ4v) is 3.98. The van der Waals surface area contributed by atoms with E-state index in [-0.39, 0.29) is 17.9 Å². The van der Waals surface area contributed by atoms with Gasteiger partial charge in [-0.1, -0.05) is 48.0 Å². The van der Waals surface area contributed by atoms with Crippen LogP contribution in [0.5, 0.6) is 5.75 Å². The number of amides is 1. The molecule has 4 rings (SSSR count). The van der Waals surface area contributed by atoms with Gasteiger partial charge < -0.3 is 15.2 Å². The minimum absolute atomic E-state index is 0.234. The predicted molar refractivity (Wildman–Crippen MR) is 148 cm³/mol. The van der Waals surface area contributed by atoms with Crippen LogP contribution in [0, 0.1) is 19.8 Å². The highest BCUT2D eigenvalue weighted by Crippen LogP contribution is 2.32. The van der Waals surface area contributed by atoms with E-state index < -0.39 is 12.0 Å². The summed E-state index contributed by atoms with van der Waals surface area (Å²) in [5, 5.41) is 16.5. The van der Waals surface area contributed by atoms with Crippen molar-refractivity contribution in [3.8, 4) is 16.9 Å². The van der Waals surface area contributed by atoms with Gasteiger partial charge in [0.05, 0.1) is 18.4 Å². The summed E-state index contributed by atoms with van der Waals surface area (Å²) in [6, 6.07) is 12.4. The fourth-order valence-electron chi connectivity index (χ4n) is 3.76. The highest BCUT2D eigenvalue weighted by Gasteiger charge is 2.23. The predicted octanol–water partition coefficient (Wildman–Crippen LogP) is 4.71. The first-order chi connectivity index (χ1) is 18.1. The number of aryl methyl sites for hydroxylation is 3. The molecule has 8 nitrogen and oxygen atoms in total. The molecule has 1 fully saturated rings. The number of hydrogen-bond donors (Lipinski definition) is 2. The summed E-state index contributed by atoms with van der Waals surface area (Å²) < 4.78 is 7.12. The molecule has 9 heteroatoms. The van der Waals surface area contributed by atoms with E-state index in [2.05, 4.69) is 23.4 Å². The molecule has 0 saturated heterocycles. The van der Waals surface area contributed by atoms with Gasteiger partial charge >= 0.3 is 5.97 Å². The monoisotopic (exact) mass is 539 g/mol. The number of nitrogens with one attached hydrogen (secondary N) is 1. The van der Waals surface area contributed by atoms with Gasteiger partial charge in [0, 0.05) is 19.0 Å². The van der Waals surface area contributed by atoms with Gasteiger partial charge in [0.25, 0.3) is 5.56 Å². The van der Waals surface area contributed by atoms with Gasteiger partial charge in [0.2, 0.25) is 5.91 Å². The molecule has 1 atom stereocenters. The smallest absolute Gasteiger partial charge is 0.326 e. The molecule has 38 heavy (non-hydrogen) atoms. The molecule has 0 radical (unpaired) electrons. The van der Waals surface area contributed by atoms with Crippen LogP contribution in [0.1, 0.15) is 42.9 Å². The van der Waals surface area contributed by atoms with E-state index in [1.807, 2.05) is 43.3 Å². The number of aliphatic carboxylic acids is 1. The molecule has 1 unspecified atom stereocenters. The van der Waals surface area contributed by atoms with Crippen molar-refractivity contribution in [1.82, 2.24) is 15.1 Å². The quantitative estimate of drug-likeness (QED) is 0.407. The molecule has 1 heterocycles. The highest BCUT2D eigenvalue weighted by molar-refractivity contribution is 6.31. The van der Waals surface area contributed by atoms with Gasteiger partial charge in [0.15, 0.2) is 5.75 Å². The van der Waals surface area contributed by atoms with E-state index in [0.29, 0.717) is 30.3 Å². The molecule has 2 aromatic carbocycles. The topological polar surface area (TPSA) is 111 Å². The molecule has 1 aliphatic rings. The number of carbonyl (C=O) groups excluding carboxylic acids is 1. The van der Waals surface area contributed by atoms with Crippen LogP contribution >= 0.6 is 11.6 Å². The van der Waals surface area contributed by atoms with Crippen molar-refractivity contribution in [2.45, 2.75) is 52.5 Å². The van der Waals surface area contributed by atoms with Crippen LogP contribution in [-0.2, 0) is 23.1 Å². The van der Waals surface area contributed by atoms with Gasteiger partial charge in [-0.25, -0.2) is 9.48 Å². The maximum atomic E-state index is 12.6. The molecular formula is C29H34ClN3O5. The number of benzene rings is 2. The first-order valence-electron chi connectivity index (χ1n) is 12.6. The first kappa shape index (κ1) is 28.9. The van der Waals surface area contributed by atoms with Gasteiger partial charge in [-0.15, -0.1) is 0 Å². The Balaban J connectivity index is 0.000000375. The summed E-state index contributed by atoms with van der Waals surface area (Å²) in [5.41, 5.74) is 4.30. The molecule has 202 valence electrons. The Morgan fingerprint density at radius 3 is 2.42 bits per heavy atom. The average Bonchev–Trinajstić information content (AvgIpc) is 3.71. The van der Waals surface area contributed by atoms with Crippen LogP contribution in [0.4, 0.5) is 0 Å². The molecule has 1 aromatic heterocycles. The van der Waals surface area contributed by atoms with Crippen molar-refractivity contribution in [3.63, 3.8) is 0 Å². The number of carboxylic acids is 1. The summed E-state index contributed by atoms with van der Waals surface area (Å²) in [7, 11) is 1.60. The third-order valence-corrected chi connectivity index (χ3v) is 6.86. The van der Waals surface area contributed by atoms with Crippen molar-refractivity contribution in [1.29, 1.82) is 0 Å². The minimum Gasteiger partial charge on any atom is -0.491 e. The Morgan fingerprint density at radius 2 is 1.87 bits per heavy atom. The average molecular weight is 540 g/mol. The summed E-state index contributed by atoms with van der Waals surface area (Å²) in [5.74, 6) is -0.404. The van der Waals surface area contributed by atoms with Crippen LogP contribution in [0.2, 0.25) is 5.02 Å². The maximum Gasteiger partial charge on any atom is 0.326 e. The van der Waals surface area contributed by atoms with Gasteiger partial charge in [-0.05, 0) is 73.8 Å². The Bertz CT molecular complexity index is 1310. The lowest BCUT2D eigenvalue weighted by atomic mass is 10.0. The summed E-state index contributed by atoms with van der Waals surface area (Å²) in [4.78, 5) is 35.0. The Hall–Kier alpha value is -3.65. The number of carboxylic acid groups (broad SMARTS) is 1. The standard InChI is InChI=1S/C21H25N3O5.C8H9Cl/c1-13(25)23-17(21(27)28)10-7-14-5-8-16(9-6-14)19-18(29-12-15-3-4-15)11-22-24(2)20(19)26;1-6-4-3-5-8(9)7(6)2/h5-6,8-9,11,15,17H,3-4,7,10,12H2,1-2H3,(H,23,25)(H,27,28);3-5H,1-2H3. The van der Waals surface area contributed by atoms with E-state index >= 15 is 0 Å². The molecule has 0 bridgehead atoms. The number of carbonyl (C=O) groups is 2. The summed E-state index contributed by atoms with van der Waals surface area (Å²) in [6.45, 7) is 5.96. The van der Waals surface area contributed by atoms with Crippen molar-refractivity contribution < 1.29 is 19.4 Å². The summed E-state index contributed by atoms with van der Waals surface area (Å²) in [6.07, 6.45) is 4.63. The normalized spacial score (nSPS) is 13.2. The third kappa shape index (κ3) is 8.18. The number of hydrogen-bond acceptors (Lipinski definition) is 5. The zero-order valence-corrected chi connectivity index (χ0v) is 22.9. The largest absolute Gasteiger partial charge is 0.491 e. The second-order valence-electron chi connectivity index (χ2n) is 9.58. The number of nitrogens with zero attached hydrogens (tertiary/aromatic N) is 2. The second-order valence-corrected chi connectivity index (χ2v) is 9.98.